The van der Waals surface area contributed by atoms with Crippen molar-refractivity contribution in [1.82, 2.24) is 9.80 Å². The van der Waals surface area contributed by atoms with Gasteiger partial charge in [0.15, 0.2) is 0 Å². The molecule has 1 amide bonds. The first kappa shape index (κ1) is 14.9. The fourth-order valence-electron chi connectivity index (χ4n) is 2.97. The lowest BCUT2D eigenvalue weighted by atomic mass is 9.95. The van der Waals surface area contributed by atoms with Gasteiger partial charge in [0, 0.05) is 25.7 Å². The molecular weight excluding hydrogens is 272 g/mol. The molecule has 108 valence electrons. The van der Waals surface area contributed by atoms with Gasteiger partial charge in [-0.25, -0.2) is 0 Å². The average molecular weight is 293 g/mol. The molecule has 1 fully saturated rings. The molecule has 0 unspecified atom stereocenters. The summed E-state index contributed by atoms with van der Waals surface area (Å²) >= 11 is 0. The Kier molecular flexibility index (Phi) is 4.71. The fraction of sp³-hybridized carbons (Fsp3) is 0.438. The third-order valence-electron chi connectivity index (χ3n) is 3.98. The van der Waals surface area contributed by atoms with E-state index in [0.717, 1.165) is 39.0 Å². The predicted molar refractivity (Wildman–Crippen MR) is 83.3 cm³/mol. The summed E-state index contributed by atoms with van der Waals surface area (Å²) in [6.45, 7) is 4.74. The maximum absolute atomic E-state index is 11.7. The molecule has 0 N–H and O–H groups in total. The quantitative estimate of drug-likeness (QED) is 0.854. The number of nitrogens with zero attached hydrogens (tertiary/aromatic N) is 2. The number of halogens is 1. The number of benzene rings is 1. The largest absolute Gasteiger partial charge is 0.355 e. The van der Waals surface area contributed by atoms with Crippen LogP contribution in [0.4, 0.5) is 0 Å². The summed E-state index contributed by atoms with van der Waals surface area (Å²) in [4.78, 5) is 16.0. The maximum Gasteiger partial charge on any atom is 0.224 e. The van der Waals surface area contributed by atoms with Gasteiger partial charge in [0.2, 0.25) is 5.91 Å². The Morgan fingerprint density at radius 3 is 2.75 bits per heavy atom. The lowest BCUT2D eigenvalue weighted by Gasteiger charge is -2.32. The number of amides is 1. The third kappa shape index (κ3) is 2.83. The van der Waals surface area contributed by atoms with Gasteiger partial charge in [-0.2, -0.15) is 0 Å². The predicted octanol–water partition coefficient (Wildman–Crippen LogP) is 3.25. The average Bonchev–Trinajstić information content (AvgIpc) is 2.83. The Bertz CT molecular complexity index is 527. The molecule has 0 aromatic heterocycles. The first-order valence-corrected chi connectivity index (χ1v) is 7.08. The number of fused-ring (bicyclic) bond motifs is 1. The van der Waals surface area contributed by atoms with Crippen LogP contribution >= 0.6 is 12.4 Å². The van der Waals surface area contributed by atoms with Crippen LogP contribution in [0.25, 0.3) is 5.57 Å². The van der Waals surface area contributed by atoms with Gasteiger partial charge in [0.1, 0.15) is 0 Å². The van der Waals surface area contributed by atoms with Crippen LogP contribution in [-0.4, -0.2) is 28.9 Å². The van der Waals surface area contributed by atoms with Crippen molar-refractivity contribution >= 4 is 23.9 Å². The monoisotopic (exact) mass is 292 g/mol. The summed E-state index contributed by atoms with van der Waals surface area (Å²) in [5.74, 6) is 0.297. The summed E-state index contributed by atoms with van der Waals surface area (Å²) in [7, 11) is 0. The second-order valence-corrected chi connectivity index (χ2v) is 5.31. The SMILES string of the molecule is CCC1=CN(CN2CCCC2=O)Cc2ccccc21.Cl. The van der Waals surface area contributed by atoms with E-state index in [9.17, 15) is 4.79 Å². The first-order valence-electron chi connectivity index (χ1n) is 7.08. The van der Waals surface area contributed by atoms with Crippen molar-refractivity contribution in [2.45, 2.75) is 32.7 Å². The van der Waals surface area contributed by atoms with Crippen molar-refractivity contribution in [3.63, 3.8) is 0 Å². The van der Waals surface area contributed by atoms with Gasteiger partial charge in [-0.3, -0.25) is 4.79 Å². The summed E-state index contributed by atoms with van der Waals surface area (Å²) in [6, 6.07) is 8.58. The lowest BCUT2D eigenvalue weighted by Crippen LogP contribution is -2.36. The van der Waals surface area contributed by atoms with Gasteiger partial charge in [-0.1, -0.05) is 31.2 Å². The molecule has 1 saturated heterocycles. The number of allylic oxidation sites excluding steroid dienone is 1. The Balaban J connectivity index is 0.00000147. The lowest BCUT2D eigenvalue weighted by molar-refractivity contribution is -0.129. The standard InChI is InChI=1S/C16H20N2O.ClH/c1-2-13-10-17(12-18-9-5-8-16(18)19)11-14-6-3-4-7-15(13)14;/h3-4,6-7,10H,2,5,8-9,11-12H2,1H3;1H. The molecule has 20 heavy (non-hydrogen) atoms. The minimum absolute atomic E-state index is 0. The van der Waals surface area contributed by atoms with Crippen molar-refractivity contribution in [3.05, 3.63) is 41.6 Å². The molecule has 0 aliphatic carbocycles. The highest BCUT2D eigenvalue weighted by molar-refractivity contribution is 5.85. The van der Waals surface area contributed by atoms with Crippen LogP contribution in [0.1, 0.15) is 37.3 Å². The van der Waals surface area contributed by atoms with Gasteiger partial charge in [0.25, 0.3) is 0 Å². The molecule has 0 atom stereocenters. The van der Waals surface area contributed by atoms with E-state index in [4.69, 9.17) is 0 Å². The van der Waals surface area contributed by atoms with Crippen molar-refractivity contribution < 1.29 is 4.79 Å². The zero-order valence-corrected chi connectivity index (χ0v) is 12.7. The van der Waals surface area contributed by atoms with Gasteiger partial charge >= 0.3 is 0 Å². The van der Waals surface area contributed by atoms with Crippen molar-refractivity contribution in [1.29, 1.82) is 0 Å². The second kappa shape index (κ2) is 6.31. The van der Waals surface area contributed by atoms with E-state index < -0.39 is 0 Å². The molecular formula is C16H21ClN2O. The van der Waals surface area contributed by atoms with Gasteiger partial charge in [-0.15, -0.1) is 12.4 Å². The van der Waals surface area contributed by atoms with E-state index in [1.807, 2.05) is 4.90 Å². The van der Waals surface area contributed by atoms with E-state index in [-0.39, 0.29) is 12.4 Å². The molecule has 1 aromatic carbocycles. The molecule has 0 radical (unpaired) electrons. The minimum atomic E-state index is 0. The summed E-state index contributed by atoms with van der Waals surface area (Å²) < 4.78 is 0. The number of likely N-dealkylation sites (tertiary alicyclic amines) is 1. The summed E-state index contributed by atoms with van der Waals surface area (Å²) in [6.07, 6.45) is 4.98. The second-order valence-electron chi connectivity index (χ2n) is 5.31. The topological polar surface area (TPSA) is 23.6 Å². The van der Waals surface area contributed by atoms with Crippen molar-refractivity contribution in [3.8, 4) is 0 Å². The van der Waals surface area contributed by atoms with Crippen LogP contribution in [0.5, 0.6) is 0 Å². The van der Waals surface area contributed by atoms with Gasteiger partial charge < -0.3 is 9.80 Å². The smallest absolute Gasteiger partial charge is 0.224 e. The maximum atomic E-state index is 11.7. The molecule has 2 heterocycles. The van der Waals surface area contributed by atoms with E-state index in [0.29, 0.717) is 5.91 Å². The molecule has 0 bridgehead atoms. The Morgan fingerprint density at radius 2 is 2.05 bits per heavy atom. The van der Waals surface area contributed by atoms with Crippen LogP contribution < -0.4 is 0 Å². The van der Waals surface area contributed by atoms with Crippen molar-refractivity contribution in [2.24, 2.45) is 0 Å². The van der Waals surface area contributed by atoms with Gasteiger partial charge in [-0.05, 0) is 29.5 Å². The molecule has 4 heteroatoms. The number of rotatable bonds is 3. The first-order chi connectivity index (χ1) is 9.28. The van der Waals surface area contributed by atoms with E-state index in [1.54, 1.807) is 0 Å². The molecule has 2 aliphatic rings. The fourth-order valence-corrected chi connectivity index (χ4v) is 2.97. The summed E-state index contributed by atoms with van der Waals surface area (Å²) in [5, 5.41) is 0. The highest BCUT2D eigenvalue weighted by Crippen LogP contribution is 2.29. The molecule has 2 aliphatic heterocycles. The molecule has 0 saturated carbocycles. The third-order valence-corrected chi connectivity index (χ3v) is 3.98. The summed E-state index contributed by atoms with van der Waals surface area (Å²) in [5.41, 5.74) is 4.11. The van der Waals surface area contributed by atoms with Crippen LogP contribution in [-0.2, 0) is 11.3 Å². The Hall–Kier alpha value is -1.48. The van der Waals surface area contributed by atoms with Crippen LogP contribution in [0.3, 0.4) is 0 Å². The van der Waals surface area contributed by atoms with E-state index >= 15 is 0 Å². The molecule has 3 rings (SSSR count). The van der Waals surface area contributed by atoms with Gasteiger partial charge in [0.05, 0.1) is 6.67 Å². The highest BCUT2D eigenvalue weighted by atomic mass is 35.5. The van der Waals surface area contributed by atoms with Crippen LogP contribution in [0.2, 0.25) is 0 Å². The van der Waals surface area contributed by atoms with E-state index in [1.165, 1.54) is 16.7 Å². The zero-order chi connectivity index (χ0) is 13.2. The normalized spacial score (nSPS) is 17.6. The minimum Gasteiger partial charge on any atom is -0.355 e. The van der Waals surface area contributed by atoms with Crippen LogP contribution in [0, 0.1) is 0 Å². The number of hydrogen-bond donors (Lipinski definition) is 0. The molecule has 0 spiro atoms. The Morgan fingerprint density at radius 1 is 1.25 bits per heavy atom. The Labute approximate surface area is 126 Å². The number of carbonyl (C=O) groups is 1. The van der Waals surface area contributed by atoms with Crippen molar-refractivity contribution in [2.75, 3.05) is 13.2 Å². The number of hydrogen-bond acceptors (Lipinski definition) is 2. The molecule has 1 aromatic rings. The number of carbonyl (C=O) groups excluding carboxylic acids is 1. The zero-order valence-electron chi connectivity index (χ0n) is 11.8. The highest BCUT2D eigenvalue weighted by Gasteiger charge is 2.23. The molecule has 3 nitrogen and oxygen atoms in total. The van der Waals surface area contributed by atoms with E-state index in [2.05, 4.69) is 42.3 Å². The van der Waals surface area contributed by atoms with Crippen LogP contribution in [0.15, 0.2) is 30.5 Å².